The summed E-state index contributed by atoms with van der Waals surface area (Å²) in [6, 6.07) is 9.41. The summed E-state index contributed by atoms with van der Waals surface area (Å²) >= 11 is 0. The molecule has 0 aliphatic rings. The maximum Gasteiger partial charge on any atom is 0.270 e. The summed E-state index contributed by atoms with van der Waals surface area (Å²) in [7, 11) is 0. The van der Waals surface area contributed by atoms with Gasteiger partial charge in [0, 0.05) is 18.3 Å². The van der Waals surface area contributed by atoms with Gasteiger partial charge in [-0.15, -0.1) is 0 Å². The van der Waals surface area contributed by atoms with Gasteiger partial charge < -0.3 is 5.32 Å². The third-order valence-corrected chi connectivity index (χ3v) is 3.14. The Bertz CT molecular complexity index is 795. The van der Waals surface area contributed by atoms with Crippen molar-refractivity contribution in [2.24, 2.45) is 0 Å². The van der Waals surface area contributed by atoms with Crippen LogP contribution in [0.15, 0.2) is 42.6 Å². The fourth-order valence-electron chi connectivity index (χ4n) is 2.06. The van der Waals surface area contributed by atoms with Gasteiger partial charge in [-0.1, -0.05) is 12.1 Å². The van der Waals surface area contributed by atoms with Gasteiger partial charge >= 0.3 is 0 Å². The minimum absolute atomic E-state index is 0.272. The van der Waals surface area contributed by atoms with Crippen molar-refractivity contribution in [3.63, 3.8) is 0 Å². The molecule has 6 heteroatoms. The molecule has 0 radical (unpaired) electrons. The lowest BCUT2D eigenvalue weighted by Gasteiger charge is -2.06. The first kappa shape index (κ1) is 13.2. The highest BCUT2D eigenvalue weighted by Gasteiger charge is 2.10. The highest BCUT2D eigenvalue weighted by atomic mass is 19.1. The molecule has 0 fully saturated rings. The van der Waals surface area contributed by atoms with E-state index in [4.69, 9.17) is 0 Å². The normalized spacial score (nSPS) is 10.8. The first-order chi connectivity index (χ1) is 10.1. The van der Waals surface area contributed by atoms with Crippen LogP contribution in [0.25, 0.3) is 5.65 Å². The monoisotopic (exact) mass is 284 g/mol. The quantitative estimate of drug-likeness (QED) is 0.801. The molecule has 2 heterocycles. The van der Waals surface area contributed by atoms with E-state index in [9.17, 15) is 9.18 Å². The second kappa shape index (κ2) is 5.32. The average Bonchev–Trinajstić information content (AvgIpc) is 2.95. The van der Waals surface area contributed by atoms with E-state index in [1.807, 2.05) is 6.92 Å². The topological polar surface area (TPSA) is 59.3 Å². The van der Waals surface area contributed by atoms with Crippen molar-refractivity contribution in [2.75, 3.05) is 0 Å². The summed E-state index contributed by atoms with van der Waals surface area (Å²) in [5.74, 6) is -0.570. The van der Waals surface area contributed by atoms with Gasteiger partial charge in [0.15, 0.2) is 5.65 Å². The van der Waals surface area contributed by atoms with Gasteiger partial charge in [0.05, 0.1) is 6.20 Å². The highest BCUT2D eigenvalue weighted by molar-refractivity contribution is 5.92. The van der Waals surface area contributed by atoms with Crippen LogP contribution in [-0.4, -0.2) is 20.5 Å². The fraction of sp³-hybridized carbons (Fsp3) is 0.133. The number of rotatable bonds is 3. The number of fused-ring (bicyclic) bond motifs is 1. The predicted octanol–water partition coefficient (Wildman–Crippen LogP) is 2.11. The maximum atomic E-state index is 12.8. The number of aromatic nitrogens is 3. The molecule has 1 N–H and O–H groups in total. The summed E-state index contributed by atoms with van der Waals surface area (Å²) in [5, 5.41) is 6.87. The number of halogens is 1. The number of carbonyl (C=O) groups is 1. The molecule has 3 rings (SSSR count). The average molecular weight is 284 g/mol. The number of nitrogens with zero attached hydrogens (tertiary/aromatic N) is 3. The van der Waals surface area contributed by atoms with Crippen LogP contribution in [-0.2, 0) is 6.54 Å². The van der Waals surface area contributed by atoms with E-state index in [-0.39, 0.29) is 11.7 Å². The van der Waals surface area contributed by atoms with Gasteiger partial charge in [0.25, 0.3) is 5.91 Å². The molecule has 0 bridgehead atoms. The van der Waals surface area contributed by atoms with Gasteiger partial charge in [-0.25, -0.2) is 13.9 Å². The Kier molecular flexibility index (Phi) is 3.35. The van der Waals surface area contributed by atoms with Crippen LogP contribution >= 0.6 is 0 Å². The van der Waals surface area contributed by atoms with E-state index < -0.39 is 0 Å². The number of hydrogen-bond donors (Lipinski definition) is 1. The lowest BCUT2D eigenvalue weighted by atomic mass is 10.2. The smallest absolute Gasteiger partial charge is 0.270 e. The number of nitrogens with one attached hydrogen (secondary N) is 1. The zero-order valence-electron chi connectivity index (χ0n) is 11.4. The van der Waals surface area contributed by atoms with Crippen LogP contribution in [0.4, 0.5) is 4.39 Å². The van der Waals surface area contributed by atoms with Crippen LogP contribution < -0.4 is 5.32 Å². The summed E-state index contributed by atoms with van der Waals surface area (Å²) in [6.45, 7) is 2.18. The molecule has 0 spiro atoms. The van der Waals surface area contributed by atoms with Gasteiger partial charge in [-0.3, -0.25) is 4.79 Å². The predicted molar refractivity (Wildman–Crippen MR) is 75.3 cm³/mol. The third kappa shape index (κ3) is 2.74. The Balaban J connectivity index is 1.76. The van der Waals surface area contributed by atoms with Crippen molar-refractivity contribution in [3.05, 3.63) is 65.4 Å². The first-order valence-corrected chi connectivity index (χ1v) is 6.47. The van der Waals surface area contributed by atoms with E-state index in [0.717, 1.165) is 11.3 Å². The number of benzene rings is 1. The van der Waals surface area contributed by atoms with Gasteiger partial charge in [-0.2, -0.15) is 5.10 Å². The van der Waals surface area contributed by atoms with E-state index in [2.05, 4.69) is 15.4 Å². The molecule has 106 valence electrons. The van der Waals surface area contributed by atoms with Crippen molar-refractivity contribution >= 4 is 11.6 Å². The van der Waals surface area contributed by atoms with Gasteiger partial charge in [0.1, 0.15) is 11.5 Å². The molecule has 0 saturated heterocycles. The Labute approximate surface area is 120 Å². The summed E-state index contributed by atoms with van der Waals surface area (Å²) in [6.07, 6.45) is 1.63. The number of carbonyl (C=O) groups excluding carboxylic acids is 1. The molecule has 2 aromatic heterocycles. The molecule has 0 aliphatic carbocycles. The Morgan fingerprint density at radius 1 is 1.29 bits per heavy atom. The molecule has 1 aromatic carbocycles. The van der Waals surface area contributed by atoms with E-state index in [1.54, 1.807) is 35.0 Å². The number of hydrogen-bond acceptors (Lipinski definition) is 3. The van der Waals surface area contributed by atoms with Crippen molar-refractivity contribution in [1.29, 1.82) is 0 Å². The molecule has 5 nitrogen and oxygen atoms in total. The second-order valence-corrected chi connectivity index (χ2v) is 4.69. The lowest BCUT2D eigenvalue weighted by molar-refractivity contribution is 0.0946. The Morgan fingerprint density at radius 3 is 2.81 bits per heavy atom. The molecule has 3 aromatic rings. The van der Waals surface area contributed by atoms with Crippen molar-refractivity contribution in [1.82, 2.24) is 19.9 Å². The molecule has 21 heavy (non-hydrogen) atoms. The number of amides is 1. The van der Waals surface area contributed by atoms with E-state index >= 15 is 0 Å². The molecule has 0 unspecified atom stereocenters. The molecule has 1 amide bonds. The van der Waals surface area contributed by atoms with Crippen molar-refractivity contribution in [3.8, 4) is 0 Å². The Hall–Kier alpha value is -2.76. The van der Waals surface area contributed by atoms with Crippen molar-refractivity contribution in [2.45, 2.75) is 13.5 Å². The van der Waals surface area contributed by atoms with E-state index in [0.29, 0.717) is 17.9 Å². The summed E-state index contributed by atoms with van der Waals surface area (Å²) < 4.78 is 14.5. The molecular formula is C15H13FN4O. The maximum absolute atomic E-state index is 12.8. The van der Waals surface area contributed by atoms with Crippen LogP contribution in [0, 0.1) is 12.7 Å². The molecule has 0 aliphatic heterocycles. The van der Waals surface area contributed by atoms with Crippen LogP contribution in [0.1, 0.15) is 21.7 Å². The first-order valence-electron chi connectivity index (χ1n) is 6.47. The summed E-state index contributed by atoms with van der Waals surface area (Å²) in [5.41, 5.74) is 2.62. The SMILES string of the molecule is Cc1cc(C(=O)NCc2ccc(F)cc2)nc2ccnn12. The zero-order valence-corrected chi connectivity index (χ0v) is 11.4. The second-order valence-electron chi connectivity index (χ2n) is 4.69. The Morgan fingerprint density at radius 2 is 2.05 bits per heavy atom. The standard InChI is InChI=1S/C15H13FN4O/c1-10-8-13(19-14-6-7-18-20(10)14)15(21)17-9-11-2-4-12(16)5-3-11/h2-8H,9H2,1H3,(H,17,21). The molecule has 0 atom stereocenters. The third-order valence-electron chi connectivity index (χ3n) is 3.14. The van der Waals surface area contributed by atoms with E-state index in [1.165, 1.54) is 12.1 Å². The van der Waals surface area contributed by atoms with Crippen LogP contribution in [0.2, 0.25) is 0 Å². The zero-order chi connectivity index (χ0) is 14.8. The molecule has 0 saturated carbocycles. The minimum atomic E-state index is -0.298. The highest BCUT2D eigenvalue weighted by Crippen LogP contribution is 2.07. The lowest BCUT2D eigenvalue weighted by Crippen LogP contribution is -2.24. The fourth-order valence-corrected chi connectivity index (χ4v) is 2.06. The van der Waals surface area contributed by atoms with Gasteiger partial charge in [0.2, 0.25) is 0 Å². The number of aryl methyl sites for hydroxylation is 1. The van der Waals surface area contributed by atoms with Crippen LogP contribution in [0.3, 0.4) is 0 Å². The van der Waals surface area contributed by atoms with Gasteiger partial charge in [-0.05, 0) is 30.7 Å². The van der Waals surface area contributed by atoms with Crippen molar-refractivity contribution < 1.29 is 9.18 Å². The van der Waals surface area contributed by atoms with Crippen LogP contribution in [0.5, 0.6) is 0 Å². The largest absolute Gasteiger partial charge is 0.347 e. The summed E-state index contributed by atoms with van der Waals surface area (Å²) in [4.78, 5) is 16.4. The molecular weight excluding hydrogens is 271 g/mol. The minimum Gasteiger partial charge on any atom is -0.347 e.